The summed E-state index contributed by atoms with van der Waals surface area (Å²) in [5, 5.41) is 9.48. The molecule has 29 heavy (non-hydrogen) atoms. The number of benzene rings is 2. The molecule has 0 unspecified atom stereocenters. The number of carboxylic acids is 1. The first-order chi connectivity index (χ1) is 13.8. The Bertz CT molecular complexity index is 895. The van der Waals surface area contributed by atoms with Gasteiger partial charge in [0.25, 0.3) is 0 Å². The molecule has 0 fully saturated rings. The van der Waals surface area contributed by atoms with Gasteiger partial charge in [-0.15, -0.1) is 0 Å². The Kier molecular flexibility index (Phi) is 5.87. The Morgan fingerprint density at radius 3 is 2.03 bits per heavy atom. The predicted octanol–water partition coefficient (Wildman–Crippen LogP) is 3.27. The lowest BCUT2D eigenvalue weighted by Gasteiger charge is -2.28. The molecule has 7 heteroatoms. The van der Waals surface area contributed by atoms with E-state index in [0.29, 0.717) is 0 Å². The van der Waals surface area contributed by atoms with Gasteiger partial charge in [-0.25, -0.2) is 9.59 Å². The maximum absolute atomic E-state index is 12.6. The van der Waals surface area contributed by atoms with E-state index in [-0.39, 0.29) is 12.5 Å². The molecule has 0 spiro atoms. The first-order valence-corrected chi connectivity index (χ1v) is 9.29. The third kappa shape index (κ3) is 4.08. The standard InChI is InChI=1S/C22H23NO6/c1-13(29-14(2)24)20(21(25)26)23(3)22(27)28-12-19-17-10-6-4-8-15(17)16-9-5-7-11-18(16)19/h4-11,13,19-20H,12H2,1-3H3,(H,25,26)/t13-,20+/m0/s1. The van der Waals surface area contributed by atoms with Gasteiger partial charge >= 0.3 is 18.0 Å². The normalized spacial score (nSPS) is 14.3. The molecule has 1 aliphatic rings. The minimum absolute atomic E-state index is 0.0749. The molecule has 0 aromatic heterocycles. The number of fused-ring (bicyclic) bond motifs is 3. The van der Waals surface area contributed by atoms with E-state index in [1.54, 1.807) is 0 Å². The lowest BCUT2D eigenvalue weighted by molar-refractivity contribution is -0.156. The molecule has 1 aliphatic carbocycles. The summed E-state index contributed by atoms with van der Waals surface area (Å²) in [6, 6.07) is 14.5. The minimum atomic E-state index is -1.35. The molecule has 1 amide bonds. The van der Waals surface area contributed by atoms with Crippen molar-refractivity contribution >= 4 is 18.0 Å². The van der Waals surface area contributed by atoms with E-state index in [9.17, 15) is 19.5 Å². The quantitative estimate of drug-likeness (QED) is 0.752. The van der Waals surface area contributed by atoms with Crippen LogP contribution >= 0.6 is 0 Å². The van der Waals surface area contributed by atoms with Crippen molar-refractivity contribution in [2.45, 2.75) is 31.9 Å². The first kappa shape index (κ1) is 20.4. The number of rotatable bonds is 6. The van der Waals surface area contributed by atoms with Crippen molar-refractivity contribution in [1.82, 2.24) is 4.90 Å². The molecule has 2 aromatic carbocycles. The molecule has 2 aromatic rings. The van der Waals surface area contributed by atoms with Crippen LogP contribution in [-0.2, 0) is 19.1 Å². The molecule has 2 atom stereocenters. The highest BCUT2D eigenvalue weighted by molar-refractivity contribution is 5.82. The number of carbonyl (C=O) groups is 3. The van der Waals surface area contributed by atoms with Crippen LogP contribution in [0.5, 0.6) is 0 Å². The van der Waals surface area contributed by atoms with Gasteiger partial charge in [-0.05, 0) is 29.2 Å². The molecule has 0 aliphatic heterocycles. The molecule has 0 heterocycles. The van der Waals surface area contributed by atoms with E-state index in [0.717, 1.165) is 27.2 Å². The summed E-state index contributed by atoms with van der Waals surface area (Å²) >= 11 is 0. The van der Waals surface area contributed by atoms with Crippen LogP contribution < -0.4 is 0 Å². The Hall–Kier alpha value is -3.35. The zero-order chi connectivity index (χ0) is 21.1. The maximum Gasteiger partial charge on any atom is 0.410 e. The zero-order valence-electron chi connectivity index (χ0n) is 16.5. The number of carbonyl (C=O) groups excluding carboxylic acids is 2. The monoisotopic (exact) mass is 397 g/mol. The fourth-order valence-corrected chi connectivity index (χ4v) is 3.82. The van der Waals surface area contributed by atoms with E-state index < -0.39 is 30.2 Å². The van der Waals surface area contributed by atoms with Crippen molar-refractivity contribution < 1.29 is 29.0 Å². The summed E-state index contributed by atoms with van der Waals surface area (Å²) in [4.78, 5) is 36.3. The Morgan fingerprint density at radius 2 is 1.55 bits per heavy atom. The summed E-state index contributed by atoms with van der Waals surface area (Å²) in [7, 11) is 1.32. The molecule has 0 saturated carbocycles. The molecule has 0 saturated heterocycles. The van der Waals surface area contributed by atoms with Gasteiger partial charge in [0.05, 0.1) is 0 Å². The number of nitrogens with zero attached hydrogens (tertiary/aromatic N) is 1. The fraction of sp³-hybridized carbons (Fsp3) is 0.318. The third-order valence-electron chi connectivity index (χ3n) is 5.09. The van der Waals surface area contributed by atoms with E-state index in [4.69, 9.17) is 9.47 Å². The number of esters is 1. The summed E-state index contributed by atoms with van der Waals surface area (Å²) in [5.41, 5.74) is 4.33. The highest BCUT2D eigenvalue weighted by Crippen LogP contribution is 2.44. The maximum atomic E-state index is 12.6. The smallest absolute Gasteiger partial charge is 0.410 e. The molecule has 0 radical (unpaired) electrons. The van der Waals surface area contributed by atoms with Crippen molar-refractivity contribution in [1.29, 1.82) is 0 Å². The molecule has 7 nitrogen and oxygen atoms in total. The van der Waals surface area contributed by atoms with E-state index >= 15 is 0 Å². The Morgan fingerprint density at radius 1 is 1.03 bits per heavy atom. The van der Waals surface area contributed by atoms with Crippen molar-refractivity contribution in [3.05, 3.63) is 59.7 Å². The fourth-order valence-electron chi connectivity index (χ4n) is 3.82. The van der Waals surface area contributed by atoms with Crippen LogP contribution in [0.2, 0.25) is 0 Å². The van der Waals surface area contributed by atoms with Crippen LogP contribution in [0, 0.1) is 0 Å². The lowest BCUT2D eigenvalue weighted by Crippen LogP contribution is -2.50. The second-order valence-corrected chi connectivity index (χ2v) is 7.01. The molecular weight excluding hydrogens is 374 g/mol. The van der Waals surface area contributed by atoms with Gasteiger partial charge in [-0.3, -0.25) is 9.69 Å². The predicted molar refractivity (Wildman–Crippen MR) is 105 cm³/mol. The molecular formula is C22H23NO6. The number of hydrogen-bond donors (Lipinski definition) is 1. The molecule has 1 N–H and O–H groups in total. The molecule has 152 valence electrons. The van der Waals surface area contributed by atoms with Crippen molar-refractivity contribution in [2.75, 3.05) is 13.7 Å². The van der Waals surface area contributed by atoms with Crippen LogP contribution in [0.15, 0.2) is 48.5 Å². The van der Waals surface area contributed by atoms with Crippen molar-refractivity contribution in [2.24, 2.45) is 0 Å². The number of ether oxygens (including phenoxy) is 2. The van der Waals surface area contributed by atoms with Gasteiger partial charge in [0, 0.05) is 19.9 Å². The first-order valence-electron chi connectivity index (χ1n) is 9.29. The summed E-state index contributed by atoms with van der Waals surface area (Å²) in [6.45, 7) is 2.68. The number of carboxylic acid groups (broad SMARTS) is 1. The van der Waals surface area contributed by atoms with Gasteiger partial charge in [0.1, 0.15) is 12.7 Å². The van der Waals surface area contributed by atoms with Crippen LogP contribution in [0.4, 0.5) is 4.79 Å². The Balaban J connectivity index is 1.75. The van der Waals surface area contributed by atoms with Crippen LogP contribution in [0.25, 0.3) is 11.1 Å². The number of hydrogen-bond acceptors (Lipinski definition) is 5. The summed E-state index contributed by atoms with van der Waals surface area (Å²) < 4.78 is 10.4. The summed E-state index contributed by atoms with van der Waals surface area (Å²) in [6.07, 6.45) is -1.81. The minimum Gasteiger partial charge on any atom is -0.480 e. The second kappa shape index (κ2) is 8.34. The van der Waals surface area contributed by atoms with Gasteiger partial charge in [0.2, 0.25) is 0 Å². The zero-order valence-corrected chi connectivity index (χ0v) is 16.5. The van der Waals surface area contributed by atoms with Gasteiger partial charge in [0.15, 0.2) is 6.04 Å². The Labute approximate surface area is 168 Å². The largest absolute Gasteiger partial charge is 0.480 e. The topological polar surface area (TPSA) is 93.1 Å². The number of aliphatic carboxylic acids is 1. The number of amides is 1. The van der Waals surface area contributed by atoms with E-state index in [1.165, 1.54) is 20.9 Å². The second-order valence-electron chi connectivity index (χ2n) is 7.01. The third-order valence-corrected chi connectivity index (χ3v) is 5.09. The average Bonchev–Trinajstić information content (AvgIpc) is 2.99. The van der Waals surface area contributed by atoms with Crippen LogP contribution in [0.1, 0.15) is 30.9 Å². The number of likely N-dealkylation sites (N-methyl/N-ethyl adjacent to an activating group) is 1. The molecule has 0 bridgehead atoms. The SMILES string of the molecule is CC(=O)O[C@@H](C)[C@H](C(=O)O)N(C)C(=O)OCC1c2ccccc2-c2ccccc21. The van der Waals surface area contributed by atoms with Gasteiger partial charge in [-0.2, -0.15) is 0 Å². The van der Waals surface area contributed by atoms with E-state index in [1.807, 2.05) is 48.5 Å². The highest BCUT2D eigenvalue weighted by atomic mass is 16.6. The summed E-state index contributed by atoms with van der Waals surface area (Å²) in [5.74, 6) is -2.03. The molecule has 3 rings (SSSR count). The lowest BCUT2D eigenvalue weighted by atomic mass is 9.98. The van der Waals surface area contributed by atoms with Gasteiger partial charge < -0.3 is 14.6 Å². The van der Waals surface area contributed by atoms with Crippen molar-refractivity contribution in [3.63, 3.8) is 0 Å². The van der Waals surface area contributed by atoms with Gasteiger partial charge in [-0.1, -0.05) is 48.5 Å². The van der Waals surface area contributed by atoms with Crippen molar-refractivity contribution in [3.8, 4) is 11.1 Å². The van der Waals surface area contributed by atoms with Crippen LogP contribution in [0.3, 0.4) is 0 Å². The van der Waals surface area contributed by atoms with Crippen LogP contribution in [-0.4, -0.2) is 53.8 Å². The average molecular weight is 397 g/mol. The van der Waals surface area contributed by atoms with E-state index in [2.05, 4.69) is 0 Å². The highest BCUT2D eigenvalue weighted by Gasteiger charge is 2.36.